The second-order valence-corrected chi connectivity index (χ2v) is 5.71. The molecule has 0 amide bonds. The minimum Gasteiger partial charge on any atom is -0.458 e. The molecule has 2 heteroatoms. The van der Waals surface area contributed by atoms with Gasteiger partial charge in [0, 0.05) is 18.8 Å². The van der Waals surface area contributed by atoms with E-state index < -0.39 is 0 Å². The summed E-state index contributed by atoms with van der Waals surface area (Å²) in [5, 5.41) is 0. The van der Waals surface area contributed by atoms with Crippen LogP contribution in [0.2, 0.25) is 0 Å². The van der Waals surface area contributed by atoms with Crippen LogP contribution in [0.5, 0.6) is 0 Å². The average molecular weight is 216 g/mol. The first-order chi connectivity index (χ1) is 7.80. The lowest BCUT2D eigenvalue weighted by atomic mass is 9.58. The van der Waals surface area contributed by atoms with Gasteiger partial charge >= 0.3 is 5.97 Å². The van der Waals surface area contributed by atoms with Gasteiger partial charge in [-0.25, -0.2) is 0 Å². The standard InChI is InChI=1S/C14H16O2/c15-13-11-9-3-5-10(6-4-9)12(11)14(16-13)7-1-2-8-14/h1-3,5,9-12H,4,6-8H2/t9-,10+,11-,12+/m1/s1. The molecule has 0 unspecified atom stereocenters. The molecule has 84 valence electrons. The number of rotatable bonds is 0. The number of carbonyl (C=O) groups is 1. The van der Waals surface area contributed by atoms with Gasteiger partial charge in [-0.15, -0.1) is 0 Å². The quantitative estimate of drug-likeness (QED) is 0.459. The number of fused-ring (bicyclic) bond motifs is 1. The molecule has 5 aliphatic rings. The van der Waals surface area contributed by atoms with E-state index in [0.717, 1.165) is 12.8 Å². The molecule has 2 nitrogen and oxygen atoms in total. The molecular weight excluding hydrogens is 200 g/mol. The highest BCUT2D eigenvalue weighted by Crippen LogP contribution is 2.58. The van der Waals surface area contributed by atoms with Crippen molar-refractivity contribution in [3.05, 3.63) is 24.3 Å². The Labute approximate surface area is 95.4 Å². The molecule has 4 aliphatic carbocycles. The molecule has 16 heavy (non-hydrogen) atoms. The highest BCUT2D eigenvalue weighted by atomic mass is 16.6. The SMILES string of the molecule is O=C1OC2(CC=CC2)[C@@H]2[C@H]1[C@@H]1C=C[C@H]2CC1. The van der Waals surface area contributed by atoms with Crippen LogP contribution in [0.4, 0.5) is 0 Å². The number of esters is 1. The van der Waals surface area contributed by atoms with Crippen molar-refractivity contribution in [2.75, 3.05) is 0 Å². The van der Waals surface area contributed by atoms with E-state index in [1.54, 1.807) is 0 Å². The third-order valence-electron chi connectivity index (χ3n) is 5.03. The number of hydrogen-bond donors (Lipinski definition) is 0. The Morgan fingerprint density at radius 1 is 1.12 bits per heavy atom. The number of carbonyl (C=O) groups excluding carboxylic acids is 1. The average Bonchev–Trinajstić information content (AvgIpc) is 2.89. The number of ether oxygens (including phenoxy) is 1. The summed E-state index contributed by atoms with van der Waals surface area (Å²) in [5.41, 5.74) is -0.157. The van der Waals surface area contributed by atoms with Gasteiger partial charge < -0.3 is 4.74 Å². The summed E-state index contributed by atoms with van der Waals surface area (Å²) in [5.74, 6) is 1.75. The third kappa shape index (κ3) is 0.915. The van der Waals surface area contributed by atoms with Gasteiger partial charge in [-0.05, 0) is 24.7 Å². The van der Waals surface area contributed by atoms with Crippen LogP contribution in [-0.4, -0.2) is 11.6 Å². The van der Waals surface area contributed by atoms with Gasteiger partial charge in [0.25, 0.3) is 0 Å². The molecule has 0 radical (unpaired) electrons. The van der Waals surface area contributed by atoms with Crippen molar-refractivity contribution < 1.29 is 9.53 Å². The van der Waals surface area contributed by atoms with Gasteiger partial charge in [-0.1, -0.05) is 24.3 Å². The molecule has 0 aromatic rings. The Morgan fingerprint density at radius 3 is 2.50 bits per heavy atom. The maximum atomic E-state index is 12.1. The van der Waals surface area contributed by atoms with E-state index in [2.05, 4.69) is 24.3 Å². The summed E-state index contributed by atoms with van der Waals surface area (Å²) >= 11 is 0. The van der Waals surface area contributed by atoms with Gasteiger partial charge in [0.2, 0.25) is 0 Å². The lowest BCUT2D eigenvalue weighted by molar-refractivity contribution is -0.150. The molecule has 1 saturated carbocycles. The molecule has 1 heterocycles. The Balaban J connectivity index is 1.80. The molecule has 2 bridgehead atoms. The van der Waals surface area contributed by atoms with E-state index in [1.165, 1.54) is 12.8 Å². The third-order valence-corrected chi connectivity index (χ3v) is 5.03. The monoisotopic (exact) mass is 216 g/mol. The Bertz CT molecular complexity index is 399. The Morgan fingerprint density at radius 2 is 1.81 bits per heavy atom. The first-order valence-electron chi connectivity index (χ1n) is 6.36. The highest BCUT2D eigenvalue weighted by Gasteiger charge is 2.61. The Hall–Kier alpha value is -1.05. The van der Waals surface area contributed by atoms with E-state index in [0.29, 0.717) is 17.8 Å². The maximum absolute atomic E-state index is 12.1. The van der Waals surface area contributed by atoms with Crippen molar-refractivity contribution >= 4 is 5.97 Å². The van der Waals surface area contributed by atoms with Crippen LogP contribution in [0, 0.1) is 23.7 Å². The fraction of sp³-hybridized carbons (Fsp3) is 0.643. The van der Waals surface area contributed by atoms with Gasteiger partial charge in [-0.2, -0.15) is 0 Å². The molecule has 0 aromatic carbocycles. The second-order valence-electron chi connectivity index (χ2n) is 5.71. The minimum absolute atomic E-state index is 0.0766. The van der Waals surface area contributed by atoms with Crippen LogP contribution in [-0.2, 0) is 9.53 Å². The van der Waals surface area contributed by atoms with Crippen LogP contribution in [0.15, 0.2) is 24.3 Å². The maximum Gasteiger partial charge on any atom is 0.310 e. The fourth-order valence-corrected chi connectivity index (χ4v) is 4.37. The van der Waals surface area contributed by atoms with Crippen molar-refractivity contribution in [1.29, 1.82) is 0 Å². The first-order valence-corrected chi connectivity index (χ1v) is 6.36. The van der Waals surface area contributed by atoms with Crippen molar-refractivity contribution in [3.8, 4) is 0 Å². The Kier molecular flexibility index (Phi) is 1.58. The first kappa shape index (κ1) is 9.03. The van der Waals surface area contributed by atoms with Crippen LogP contribution in [0.25, 0.3) is 0 Å². The summed E-state index contributed by atoms with van der Waals surface area (Å²) in [6.45, 7) is 0. The molecule has 1 saturated heterocycles. The van der Waals surface area contributed by atoms with Crippen molar-refractivity contribution in [1.82, 2.24) is 0 Å². The molecular formula is C14H16O2. The van der Waals surface area contributed by atoms with E-state index >= 15 is 0 Å². The summed E-state index contributed by atoms with van der Waals surface area (Å²) in [4.78, 5) is 12.1. The van der Waals surface area contributed by atoms with Crippen molar-refractivity contribution in [2.45, 2.75) is 31.3 Å². The zero-order chi connectivity index (χ0) is 10.8. The molecule has 0 aromatic heterocycles. The van der Waals surface area contributed by atoms with E-state index in [9.17, 15) is 4.79 Å². The van der Waals surface area contributed by atoms with Gasteiger partial charge in [0.05, 0.1) is 5.92 Å². The summed E-state index contributed by atoms with van der Waals surface area (Å²) < 4.78 is 5.80. The van der Waals surface area contributed by atoms with E-state index in [4.69, 9.17) is 4.74 Å². The van der Waals surface area contributed by atoms with Crippen LogP contribution >= 0.6 is 0 Å². The predicted octanol–water partition coefficient (Wildman–Crippen LogP) is 2.46. The molecule has 0 N–H and O–H groups in total. The summed E-state index contributed by atoms with van der Waals surface area (Å²) in [6.07, 6.45) is 13.3. The van der Waals surface area contributed by atoms with Crippen molar-refractivity contribution in [2.24, 2.45) is 23.7 Å². The number of allylic oxidation sites excluding steroid dienone is 2. The van der Waals surface area contributed by atoms with E-state index in [-0.39, 0.29) is 17.5 Å². The number of hydrogen-bond acceptors (Lipinski definition) is 2. The van der Waals surface area contributed by atoms with Gasteiger partial charge in [0.15, 0.2) is 0 Å². The topological polar surface area (TPSA) is 26.3 Å². The zero-order valence-corrected chi connectivity index (χ0v) is 9.26. The van der Waals surface area contributed by atoms with E-state index in [1.807, 2.05) is 0 Å². The van der Waals surface area contributed by atoms with Crippen LogP contribution in [0.1, 0.15) is 25.7 Å². The summed E-state index contributed by atoms with van der Waals surface area (Å²) in [6, 6.07) is 0. The second kappa shape index (κ2) is 2.79. The van der Waals surface area contributed by atoms with Crippen LogP contribution in [0.3, 0.4) is 0 Å². The minimum atomic E-state index is -0.157. The molecule has 5 rings (SSSR count). The lowest BCUT2D eigenvalue weighted by Crippen LogP contribution is -2.45. The normalized spacial score (nSPS) is 46.4. The molecule has 1 spiro atoms. The lowest BCUT2D eigenvalue weighted by Gasteiger charge is -2.43. The van der Waals surface area contributed by atoms with Gasteiger partial charge in [-0.3, -0.25) is 4.79 Å². The molecule has 4 atom stereocenters. The molecule has 2 fully saturated rings. The molecule has 1 aliphatic heterocycles. The zero-order valence-electron chi connectivity index (χ0n) is 9.26. The summed E-state index contributed by atoms with van der Waals surface area (Å²) in [7, 11) is 0. The smallest absolute Gasteiger partial charge is 0.310 e. The highest BCUT2D eigenvalue weighted by molar-refractivity contribution is 5.77. The predicted molar refractivity (Wildman–Crippen MR) is 59.5 cm³/mol. The largest absolute Gasteiger partial charge is 0.458 e. The van der Waals surface area contributed by atoms with Crippen LogP contribution < -0.4 is 0 Å². The fourth-order valence-electron chi connectivity index (χ4n) is 4.37. The van der Waals surface area contributed by atoms with Crippen molar-refractivity contribution in [3.63, 3.8) is 0 Å². The van der Waals surface area contributed by atoms with Gasteiger partial charge in [0.1, 0.15) is 5.60 Å².